The van der Waals surface area contributed by atoms with Crippen molar-refractivity contribution < 1.29 is 17.6 Å². The lowest BCUT2D eigenvalue weighted by Crippen LogP contribution is -2.46. The first-order valence-corrected chi connectivity index (χ1v) is 10.8. The molecule has 3 nitrogen and oxygen atoms in total. The summed E-state index contributed by atoms with van der Waals surface area (Å²) in [7, 11) is 4.01. The van der Waals surface area contributed by atoms with Crippen molar-refractivity contribution in [3.63, 3.8) is 0 Å². The third-order valence-corrected chi connectivity index (χ3v) is 6.43. The predicted molar refractivity (Wildman–Crippen MR) is 116 cm³/mol. The van der Waals surface area contributed by atoms with E-state index in [0.29, 0.717) is 41.0 Å². The van der Waals surface area contributed by atoms with Crippen molar-refractivity contribution in [3.8, 4) is 0 Å². The van der Waals surface area contributed by atoms with Crippen LogP contribution in [0.5, 0.6) is 0 Å². The van der Waals surface area contributed by atoms with Crippen molar-refractivity contribution >= 4 is 23.1 Å². The van der Waals surface area contributed by atoms with E-state index < -0.39 is 11.9 Å². The molecule has 30 heavy (non-hydrogen) atoms. The third kappa shape index (κ3) is 6.04. The SMILES string of the molecule is Cc1cc(F)c(N2CCN(Cc3ccc(N(C)C)cc3)CC2)cc1SCC(F)(F)F. The molecular weight excluding hydrogens is 414 g/mol. The molecule has 0 aliphatic carbocycles. The van der Waals surface area contributed by atoms with Crippen LogP contribution in [-0.4, -0.2) is 57.1 Å². The maximum absolute atomic E-state index is 14.5. The summed E-state index contributed by atoms with van der Waals surface area (Å²) in [6.45, 7) is 5.29. The molecule has 0 spiro atoms. The van der Waals surface area contributed by atoms with Gasteiger partial charge in [0.2, 0.25) is 0 Å². The lowest BCUT2D eigenvalue weighted by molar-refractivity contribution is -0.105. The maximum atomic E-state index is 14.5. The largest absolute Gasteiger partial charge is 0.398 e. The van der Waals surface area contributed by atoms with Crippen molar-refractivity contribution in [2.75, 3.05) is 55.8 Å². The van der Waals surface area contributed by atoms with Gasteiger partial charge >= 0.3 is 6.18 Å². The fourth-order valence-electron chi connectivity index (χ4n) is 3.50. The summed E-state index contributed by atoms with van der Waals surface area (Å²) < 4.78 is 52.3. The highest BCUT2D eigenvalue weighted by atomic mass is 32.2. The van der Waals surface area contributed by atoms with Crippen molar-refractivity contribution in [3.05, 3.63) is 53.3 Å². The normalized spacial score (nSPS) is 15.5. The number of thioether (sulfide) groups is 1. The number of rotatable bonds is 6. The van der Waals surface area contributed by atoms with Crippen LogP contribution in [0.1, 0.15) is 11.1 Å². The summed E-state index contributed by atoms with van der Waals surface area (Å²) in [5.41, 5.74) is 3.30. The standard InChI is InChI=1S/C22H27F4N3S/c1-16-12-19(23)20(13-21(16)30-15-22(24,25)26)29-10-8-28(9-11-29)14-17-4-6-18(7-5-17)27(2)3/h4-7,12-13H,8-11,14-15H2,1-3H3. The van der Waals surface area contributed by atoms with Crippen LogP contribution in [0.2, 0.25) is 0 Å². The molecule has 8 heteroatoms. The molecule has 0 unspecified atom stereocenters. The van der Waals surface area contributed by atoms with Gasteiger partial charge in [-0.3, -0.25) is 4.90 Å². The first-order chi connectivity index (χ1) is 14.1. The van der Waals surface area contributed by atoms with Crippen molar-refractivity contribution in [1.82, 2.24) is 4.90 Å². The Labute approximate surface area is 179 Å². The summed E-state index contributed by atoms with van der Waals surface area (Å²) >= 11 is 0.714. The fraction of sp³-hybridized carbons (Fsp3) is 0.455. The number of hydrogen-bond acceptors (Lipinski definition) is 4. The molecule has 1 fully saturated rings. The van der Waals surface area contributed by atoms with E-state index in [1.807, 2.05) is 19.0 Å². The number of halogens is 4. The molecule has 0 atom stereocenters. The molecule has 0 saturated carbocycles. The molecule has 1 heterocycles. The molecule has 0 N–H and O–H groups in total. The van der Waals surface area contributed by atoms with Crippen LogP contribution in [0, 0.1) is 12.7 Å². The highest BCUT2D eigenvalue weighted by molar-refractivity contribution is 7.99. The lowest BCUT2D eigenvalue weighted by Gasteiger charge is -2.36. The average Bonchev–Trinajstić information content (AvgIpc) is 2.68. The van der Waals surface area contributed by atoms with Gasteiger partial charge in [-0.15, -0.1) is 11.8 Å². The molecule has 1 aliphatic heterocycles. The van der Waals surface area contributed by atoms with Crippen LogP contribution in [0.25, 0.3) is 0 Å². The monoisotopic (exact) mass is 441 g/mol. The van der Waals surface area contributed by atoms with E-state index in [1.54, 1.807) is 13.0 Å². The lowest BCUT2D eigenvalue weighted by atomic mass is 10.1. The van der Waals surface area contributed by atoms with E-state index in [9.17, 15) is 17.6 Å². The Morgan fingerprint density at radius 1 is 1.00 bits per heavy atom. The minimum Gasteiger partial charge on any atom is -0.378 e. The molecule has 2 aromatic carbocycles. The van der Waals surface area contributed by atoms with Gasteiger partial charge in [0, 0.05) is 57.4 Å². The first-order valence-electron chi connectivity index (χ1n) is 9.85. The molecule has 1 aliphatic rings. The summed E-state index contributed by atoms with van der Waals surface area (Å²) in [4.78, 5) is 6.78. The Hall–Kier alpha value is -1.93. The summed E-state index contributed by atoms with van der Waals surface area (Å²) in [5, 5.41) is 0. The van der Waals surface area contributed by atoms with E-state index in [1.165, 1.54) is 11.6 Å². The van der Waals surface area contributed by atoms with E-state index >= 15 is 0 Å². The molecule has 0 radical (unpaired) electrons. The minimum atomic E-state index is -4.25. The molecular formula is C22H27F4N3S. The Balaban J connectivity index is 1.61. The molecule has 3 rings (SSSR count). The van der Waals surface area contributed by atoms with Gasteiger partial charge in [-0.1, -0.05) is 12.1 Å². The summed E-state index contributed by atoms with van der Waals surface area (Å²) in [6, 6.07) is 11.3. The number of hydrogen-bond donors (Lipinski definition) is 0. The van der Waals surface area contributed by atoms with E-state index in [-0.39, 0.29) is 5.82 Å². The topological polar surface area (TPSA) is 9.72 Å². The number of piperazine rings is 1. The quantitative estimate of drug-likeness (QED) is 0.451. The second kappa shape index (κ2) is 9.47. The summed E-state index contributed by atoms with van der Waals surface area (Å²) in [5.74, 6) is -1.35. The molecule has 0 aromatic heterocycles. The molecule has 1 saturated heterocycles. The Morgan fingerprint density at radius 2 is 1.63 bits per heavy atom. The van der Waals surface area contributed by atoms with Gasteiger partial charge in [0.15, 0.2) is 0 Å². The van der Waals surface area contributed by atoms with Crippen LogP contribution in [0.15, 0.2) is 41.3 Å². The molecule has 0 bridgehead atoms. The van der Waals surface area contributed by atoms with Crippen LogP contribution in [-0.2, 0) is 6.54 Å². The van der Waals surface area contributed by atoms with Crippen molar-refractivity contribution in [1.29, 1.82) is 0 Å². The van der Waals surface area contributed by atoms with Crippen molar-refractivity contribution in [2.24, 2.45) is 0 Å². The van der Waals surface area contributed by atoms with Crippen molar-refractivity contribution in [2.45, 2.75) is 24.5 Å². The number of nitrogens with zero attached hydrogens (tertiary/aromatic N) is 3. The fourth-order valence-corrected chi connectivity index (χ4v) is 4.30. The smallest absolute Gasteiger partial charge is 0.378 e. The van der Waals surface area contributed by atoms with Crippen LogP contribution in [0.4, 0.5) is 28.9 Å². The predicted octanol–water partition coefficient (Wildman–Crippen LogP) is 5.18. The zero-order valence-corrected chi connectivity index (χ0v) is 18.3. The van der Waals surface area contributed by atoms with Gasteiger partial charge in [-0.25, -0.2) is 4.39 Å². The number of benzene rings is 2. The highest BCUT2D eigenvalue weighted by Crippen LogP contribution is 2.34. The van der Waals surface area contributed by atoms with E-state index in [0.717, 1.165) is 25.3 Å². The zero-order valence-electron chi connectivity index (χ0n) is 17.5. The van der Waals surface area contributed by atoms with Gasteiger partial charge < -0.3 is 9.80 Å². The average molecular weight is 442 g/mol. The Bertz CT molecular complexity index is 845. The molecule has 0 amide bonds. The van der Waals surface area contributed by atoms with E-state index in [4.69, 9.17) is 0 Å². The van der Waals surface area contributed by atoms with E-state index in [2.05, 4.69) is 34.1 Å². The Morgan fingerprint density at radius 3 is 2.20 bits per heavy atom. The van der Waals surface area contributed by atoms with Gasteiger partial charge in [-0.05, 0) is 42.3 Å². The summed E-state index contributed by atoms with van der Waals surface area (Å²) in [6.07, 6.45) is -4.25. The van der Waals surface area contributed by atoms with Gasteiger partial charge in [0.05, 0.1) is 11.4 Å². The van der Waals surface area contributed by atoms with Crippen LogP contribution in [0.3, 0.4) is 0 Å². The third-order valence-electron chi connectivity index (χ3n) is 5.21. The van der Waals surface area contributed by atoms with Gasteiger partial charge in [-0.2, -0.15) is 13.2 Å². The number of anilines is 2. The first kappa shape index (κ1) is 22.7. The zero-order chi connectivity index (χ0) is 21.9. The molecule has 2 aromatic rings. The highest BCUT2D eigenvalue weighted by Gasteiger charge is 2.28. The number of aryl methyl sites for hydroxylation is 1. The van der Waals surface area contributed by atoms with Crippen LogP contribution < -0.4 is 9.80 Å². The van der Waals surface area contributed by atoms with Gasteiger partial charge in [0.25, 0.3) is 0 Å². The Kier molecular flexibility index (Phi) is 7.18. The van der Waals surface area contributed by atoms with Gasteiger partial charge in [0.1, 0.15) is 5.82 Å². The van der Waals surface area contributed by atoms with Crippen LogP contribution >= 0.6 is 11.8 Å². The second-order valence-electron chi connectivity index (χ2n) is 7.80. The minimum absolute atomic E-state index is 0.378. The molecule has 164 valence electrons. The maximum Gasteiger partial charge on any atom is 0.398 e. The second-order valence-corrected chi connectivity index (χ2v) is 8.81. The number of alkyl halides is 3.